The lowest BCUT2D eigenvalue weighted by Gasteiger charge is -2.14. The fourth-order valence-electron chi connectivity index (χ4n) is 2.42. The number of nitrogens with zero attached hydrogens (tertiary/aromatic N) is 3. The first kappa shape index (κ1) is 18.3. The molecule has 0 fully saturated rings. The van der Waals surface area contributed by atoms with Gasteiger partial charge in [-0.25, -0.2) is 0 Å². The molecule has 0 atom stereocenters. The van der Waals surface area contributed by atoms with E-state index in [9.17, 15) is 4.79 Å². The van der Waals surface area contributed by atoms with E-state index >= 15 is 0 Å². The van der Waals surface area contributed by atoms with Gasteiger partial charge in [-0.2, -0.15) is 5.10 Å². The Morgan fingerprint density at radius 2 is 2.00 bits per heavy atom. The van der Waals surface area contributed by atoms with Gasteiger partial charge < -0.3 is 14.1 Å². The Labute approximate surface area is 160 Å². The standard InChI is InChI=1S/C19H20BrN3O3/c1-3-23-11-10-15(21-23)12-22(2)19(24)18-9-8-17(26-18)13-25-16-6-4-14(20)5-7-16/h4-11H,3,12-13H2,1-2H3. The van der Waals surface area contributed by atoms with E-state index in [0.29, 0.717) is 12.3 Å². The van der Waals surface area contributed by atoms with Crippen LogP contribution in [0.3, 0.4) is 0 Å². The van der Waals surface area contributed by atoms with Gasteiger partial charge in [0.15, 0.2) is 5.76 Å². The number of aryl methyl sites for hydroxylation is 1. The van der Waals surface area contributed by atoms with Crippen molar-refractivity contribution in [2.45, 2.75) is 26.6 Å². The second kappa shape index (κ2) is 8.23. The number of rotatable bonds is 7. The summed E-state index contributed by atoms with van der Waals surface area (Å²) in [5.74, 6) is 1.43. The van der Waals surface area contributed by atoms with Crippen LogP contribution in [0.5, 0.6) is 5.75 Å². The molecule has 3 aromatic rings. The minimum Gasteiger partial charge on any atom is -0.486 e. The van der Waals surface area contributed by atoms with Gasteiger partial charge in [0.2, 0.25) is 0 Å². The Hall–Kier alpha value is -2.54. The normalized spacial score (nSPS) is 10.7. The topological polar surface area (TPSA) is 60.5 Å². The van der Waals surface area contributed by atoms with E-state index in [0.717, 1.165) is 22.5 Å². The van der Waals surface area contributed by atoms with Gasteiger partial charge in [0.05, 0.1) is 12.2 Å². The molecule has 136 valence electrons. The van der Waals surface area contributed by atoms with Crippen molar-refractivity contribution in [3.05, 3.63) is 70.3 Å². The highest BCUT2D eigenvalue weighted by Crippen LogP contribution is 2.18. The maximum Gasteiger partial charge on any atom is 0.289 e. The van der Waals surface area contributed by atoms with E-state index in [-0.39, 0.29) is 18.3 Å². The van der Waals surface area contributed by atoms with Crippen molar-refractivity contribution in [3.8, 4) is 5.75 Å². The molecule has 2 heterocycles. The average molecular weight is 418 g/mol. The highest BCUT2D eigenvalue weighted by atomic mass is 79.9. The number of hydrogen-bond acceptors (Lipinski definition) is 4. The van der Waals surface area contributed by atoms with E-state index in [1.54, 1.807) is 24.1 Å². The van der Waals surface area contributed by atoms with E-state index in [1.165, 1.54) is 0 Å². The molecular formula is C19H20BrN3O3. The van der Waals surface area contributed by atoms with Crippen LogP contribution in [0.4, 0.5) is 0 Å². The zero-order chi connectivity index (χ0) is 18.5. The van der Waals surface area contributed by atoms with E-state index in [2.05, 4.69) is 21.0 Å². The monoisotopic (exact) mass is 417 g/mol. The lowest BCUT2D eigenvalue weighted by atomic mass is 10.3. The summed E-state index contributed by atoms with van der Waals surface area (Å²) in [5, 5.41) is 4.39. The summed E-state index contributed by atoms with van der Waals surface area (Å²) in [6, 6.07) is 12.9. The van der Waals surface area contributed by atoms with Crippen molar-refractivity contribution in [1.82, 2.24) is 14.7 Å². The second-order valence-electron chi connectivity index (χ2n) is 5.83. The lowest BCUT2D eigenvalue weighted by Crippen LogP contribution is -2.26. The number of aromatic nitrogens is 2. The summed E-state index contributed by atoms with van der Waals surface area (Å²) >= 11 is 3.38. The van der Waals surface area contributed by atoms with Crippen molar-refractivity contribution in [2.75, 3.05) is 7.05 Å². The highest BCUT2D eigenvalue weighted by molar-refractivity contribution is 9.10. The summed E-state index contributed by atoms with van der Waals surface area (Å²) in [6.45, 7) is 3.51. The van der Waals surface area contributed by atoms with Gasteiger partial charge in [-0.3, -0.25) is 9.48 Å². The molecule has 1 amide bonds. The molecule has 1 aromatic carbocycles. The third-order valence-electron chi connectivity index (χ3n) is 3.83. The van der Waals surface area contributed by atoms with Crippen LogP contribution >= 0.6 is 15.9 Å². The molecule has 0 aliphatic carbocycles. The number of hydrogen-bond donors (Lipinski definition) is 0. The minimum atomic E-state index is -0.189. The maximum atomic E-state index is 12.5. The molecule has 26 heavy (non-hydrogen) atoms. The van der Waals surface area contributed by atoms with Crippen molar-refractivity contribution in [1.29, 1.82) is 0 Å². The Balaban J connectivity index is 1.57. The fourth-order valence-corrected chi connectivity index (χ4v) is 2.69. The Kier molecular flexibility index (Phi) is 5.78. The van der Waals surface area contributed by atoms with Crippen LogP contribution in [0.1, 0.15) is 28.9 Å². The van der Waals surface area contributed by atoms with Crippen molar-refractivity contribution in [2.24, 2.45) is 0 Å². The first-order valence-corrected chi connectivity index (χ1v) is 9.09. The molecule has 0 aliphatic heterocycles. The fraction of sp³-hybridized carbons (Fsp3) is 0.263. The van der Waals surface area contributed by atoms with E-state index in [1.807, 2.05) is 48.1 Å². The summed E-state index contributed by atoms with van der Waals surface area (Å²) in [4.78, 5) is 14.1. The Morgan fingerprint density at radius 1 is 1.23 bits per heavy atom. The first-order chi connectivity index (χ1) is 12.5. The third-order valence-corrected chi connectivity index (χ3v) is 4.36. The molecule has 0 bridgehead atoms. The van der Waals surface area contributed by atoms with Crippen molar-refractivity contribution >= 4 is 21.8 Å². The van der Waals surface area contributed by atoms with Gasteiger partial charge in [0.25, 0.3) is 5.91 Å². The molecule has 0 radical (unpaired) electrons. The molecule has 7 heteroatoms. The lowest BCUT2D eigenvalue weighted by molar-refractivity contribution is 0.0747. The summed E-state index contributed by atoms with van der Waals surface area (Å²) in [7, 11) is 1.73. The third kappa shape index (κ3) is 4.54. The molecule has 0 N–H and O–H groups in total. The van der Waals surface area contributed by atoms with E-state index in [4.69, 9.17) is 9.15 Å². The minimum absolute atomic E-state index is 0.189. The number of ether oxygens (including phenoxy) is 1. The SMILES string of the molecule is CCn1ccc(CN(C)C(=O)c2ccc(COc3ccc(Br)cc3)o2)n1. The second-order valence-corrected chi connectivity index (χ2v) is 6.75. The molecule has 2 aromatic heterocycles. The van der Waals surface area contributed by atoms with Gasteiger partial charge in [-0.15, -0.1) is 0 Å². The van der Waals surface area contributed by atoms with Gasteiger partial charge in [-0.1, -0.05) is 15.9 Å². The van der Waals surface area contributed by atoms with Crippen LogP contribution in [-0.2, 0) is 19.7 Å². The van der Waals surface area contributed by atoms with Gasteiger partial charge in [0, 0.05) is 24.3 Å². The zero-order valence-electron chi connectivity index (χ0n) is 14.7. The number of benzene rings is 1. The smallest absolute Gasteiger partial charge is 0.289 e. The van der Waals surface area contributed by atoms with Crippen LogP contribution in [0.2, 0.25) is 0 Å². The van der Waals surface area contributed by atoms with Crippen molar-refractivity contribution in [3.63, 3.8) is 0 Å². The van der Waals surface area contributed by atoms with Crippen molar-refractivity contribution < 1.29 is 13.9 Å². The molecule has 0 saturated heterocycles. The van der Waals surface area contributed by atoms with Crippen LogP contribution in [-0.4, -0.2) is 27.6 Å². The number of furan rings is 1. The predicted octanol–water partition coefficient (Wildman–Crippen LogP) is 4.11. The molecule has 3 rings (SSSR count). The molecule has 0 saturated carbocycles. The maximum absolute atomic E-state index is 12.5. The highest BCUT2D eigenvalue weighted by Gasteiger charge is 2.17. The predicted molar refractivity (Wildman–Crippen MR) is 101 cm³/mol. The average Bonchev–Trinajstić information content (AvgIpc) is 3.30. The summed E-state index contributed by atoms with van der Waals surface area (Å²) < 4.78 is 14.1. The van der Waals surface area contributed by atoms with Gasteiger partial charge in [0.1, 0.15) is 18.1 Å². The quantitative estimate of drug-likeness (QED) is 0.580. The Morgan fingerprint density at radius 3 is 2.69 bits per heavy atom. The molecule has 6 nitrogen and oxygen atoms in total. The summed E-state index contributed by atoms with van der Waals surface area (Å²) in [6.07, 6.45) is 1.90. The van der Waals surface area contributed by atoms with Crippen LogP contribution < -0.4 is 4.74 Å². The van der Waals surface area contributed by atoms with Gasteiger partial charge in [-0.05, 0) is 49.4 Å². The first-order valence-electron chi connectivity index (χ1n) is 8.30. The van der Waals surface area contributed by atoms with Gasteiger partial charge >= 0.3 is 0 Å². The van der Waals surface area contributed by atoms with E-state index < -0.39 is 0 Å². The van der Waals surface area contributed by atoms with Crippen LogP contribution in [0, 0.1) is 0 Å². The molecule has 0 aliphatic rings. The Bertz CT molecular complexity index is 870. The zero-order valence-corrected chi connectivity index (χ0v) is 16.3. The number of carbonyl (C=O) groups is 1. The largest absolute Gasteiger partial charge is 0.486 e. The molecule has 0 spiro atoms. The van der Waals surface area contributed by atoms with Crippen LogP contribution in [0.25, 0.3) is 0 Å². The number of carbonyl (C=O) groups excluding carboxylic acids is 1. The molecule has 0 unspecified atom stereocenters. The van der Waals surface area contributed by atoms with Crippen LogP contribution in [0.15, 0.2) is 57.6 Å². The number of halogens is 1. The summed E-state index contributed by atoms with van der Waals surface area (Å²) in [5.41, 5.74) is 0.841. The molecular weight excluding hydrogens is 398 g/mol. The number of amides is 1.